The first-order valence-corrected chi connectivity index (χ1v) is 8.43. The Morgan fingerprint density at radius 2 is 1.92 bits per heavy atom. The number of halogens is 1. The van der Waals surface area contributed by atoms with Crippen molar-refractivity contribution in [2.45, 2.75) is 6.92 Å². The van der Waals surface area contributed by atoms with E-state index in [4.69, 9.17) is 16.3 Å². The molecule has 0 amide bonds. The Labute approximate surface area is 150 Å². The number of hydrogen-bond acceptors (Lipinski definition) is 7. The van der Waals surface area contributed by atoms with Crippen LogP contribution in [0, 0.1) is 6.92 Å². The third kappa shape index (κ3) is 3.33. The van der Waals surface area contributed by atoms with Crippen LogP contribution >= 0.6 is 11.6 Å². The summed E-state index contributed by atoms with van der Waals surface area (Å²) in [7, 11) is 0. The Morgan fingerprint density at radius 1 is 1.12 bits per heavy atom. The van der Waals surface area contributed by atoms with E-state index < -0.39 is 0 Å². The molecule has 1 aliphatic heterocycles. The van der Waals surface area contributed by atoms with Crippen molar-refractivity contribution in [1.29, 1.82) is 0 Å². The lowest BCUT2D eigenvalue weighted by Gasteiger charge is -2.27. The van der Waals surface area contributed by atoms with Gasteiger partial charge in [-0.05, 0) is 24.6 Å². The lowest BCUT2D eigenvalue weighted by atomic mass is 10.2. The van der Waals surface area contributed by atoms with Gasteiger partial charge >= 0.3 is 0 Å². The molecule has 1 N–H and O–H groups in total. The molecule has 4 rings (SSSR count). The number of aryl methyl sites for hydroxylation is 1. The van der Waals surface area contributed by atoms with Gasteiger partial charge in [0, 0.05) is 36.2 Å². The monoisotopic (exact) mass is 356 g/mol. The van der Waals surface area contributed by atoms with Crippen molar-refractivity contribution in [1.82, 2.24) is 19.9 Å². The fourth-order valence-electron chi connectivity index (χ4n) is 2.65. The van der Waals surface area contributed by atoms with Gasteiger partial charge in [-0.2, -0.15) is 9.97 Å². The Bertz CT molecular complexity index is 913. The molecule has 128 valence electrons. The molecule has 8 heteroatoms. The van der Waals surface area contributed by atoms with Crippen LogP contribution in [0.3, 0.4) is 0 Å². The molecular formula is C17H17ClN6O. The Kier molecular flexibility index (Phi) is 4.33. The predicted molar refractivity (Wildman–Crippen MR) is 97.6 cm³/mol. The normalized spacial score (nSPS) is 14.7. The summed E-state index contributed by atoms with van der Waals surface area (Å²) in [6.07, 6.45) is 3.26. The van der Waals surface area contributed by atoms with Gasteiger partial charge in [0.25, 0.3) is 0 Å². The maximum Gasteiger partial charge on any atom is 0.229 e. The van der Waals surface area contributed by atoms with Crippen LogP contribution in [0.25, 0.3) is 11.2 Å². The van der Waals surface area contributed by atoms with Crippen molar-refractivity contribution >= 4 is 40.2 Å². The van der Waals surface area contributed by atoms with Crippen LogP contribution in [0.2, 0.25) is 5.02 Å². The van der Waals surface area contributed by atoms with E-state index in [0.29, 0.717) is 41.2 Å². The van der Waals surface area contributed by atoms with Gasteiger partial charge in [0.15, 0.2) is 17.0 Å². The number of nitrogens with zero attached hydrogens (tertiary/aromatic N) is 5. The number of rotatable bonds is 3. The maximum atomic E-state index is 6.23. The summed E-state index contributed by atoms with van der Waals surface area (Å²) in [5.41, 5.74) is 3.04. The Morgan fingerprint density at radius 3 is 2.72 bits per heavy atom. The smallest absolute Gasteiger partial charge is 0.229 e. The molecule has 0 spiro atoms. The highest BCUT2D eigenvalue weighted by atomic mass is 35.5. The summed E-state index contributed by atoms with van der Waals surface area (Å²) in [4.78, 5) is 20.0. The van der Waals surface area contributed by atoms with E-state index in [9.17, 15) is 0 Å². The molecule has 7 nitrogen and oxygen atoms in total. The molecule has 0 radical (unpaired) electrons. The molecule has 0 bridgehead atoms. The minimum absolute atomic E-state index is 0.555. The zero-order valence-corrected chi connectivity index (χ0v) is 14.5. The van der Waals surface area contributed by atoms with Gasteiger partial charge in [-0.15, -0.1) is 0 Å². The standard InChI is InChI=1S/C17H17ClN6O/c1-11-2-3-12(10-13(11)18)21-16-14-15(20-5-4-19-14)22-17(23-16)24-6-8-25-9-7-24/h2-5,10H,6-9H2,1H3,(H,20,21,22,23). The third-order valence-electron chi connectivity index (χ3n) is 4.05. The number of anilines is 3. The molecule has 0 aliphatic carbocycles. The topological polar surface area (TPSA) is 76.1 Å². The van der Waals surface area contributed by atoms with E-state index >= 15 is 0 Å². The lowest BCUT2D eigenvalue weighted by Crippen LogP contribution is -2.37. The zero-order chi connectivity index (χ0) is 17.2. The van der Waals surface area contributed by atoms with E-state index in [1.165, 1.54) is 0 Å². The molecule has 2 aromatic heterocycles. The summed E-state index contributed by atoms with van der Waals surface area (Å²) < 4.78 is 5.40. The first kappa shape index (κ1) is 16.0. The van der Waals surface area contributed by atoms with Gasteiger partial charge in [-0.1, -0.05) is 17.7 Å². The average molecular weight is 357 g/mol. The lowest BCUT2D eigenvalue weighted by molar-refractivity contribution is 0.122. The number of morpholine rings is 1. The first-order valence-electron chi connectivity index (χ1n) is 8.05. The molecule has 3 aromatic rings. The Hall–Kier alpha value is -2.51. The molecular weight excluding hydrogens is 340 g/mol. The van der Waals surface area contributed by atoms with Crippen molar-refractivity contribution in [2.75, 3.05) is 36.5 Å². The second kappa shape index (κ2) is 6.78. The van der Waals surface area contributed by atoms with Crippen LogP contribution < -0.4 is 10.2 Å². The zero-order valence-electron chi connectivity index (χ0n) is 13.7. The highest BCUT2D eigenvalue weighted by Crippen LogP contribution is 2.26. The molecule has 1 aromatic carbocycles. The van der Waals surface area contributed by atoms with E-state index in [1.54, 1.807) is 12.4 Å². The number of hydrogen-bond donors (Lipinski definition) is 1. The molecule has 0 unspecified atom stereocenters. The Balaban J connectivity index is 1.76. The molecule has 3 heterocycles. The number of fused-ring (bicyclic) bond motifs is 1. The highest BCUT2D eigenvalue weighted by molar-refractivity contribution is 6.31. The van der Waals surface area contributed by atoms with Crippen LogP contribution in [0.4, 0.5) is 17.5 Å². The highest BCUT2D eigenvalue weighted by Gasteiger charge is 2.17. The van der Waals surface area contributed by atoms with Gasteiger partial charge < -0.3 is 15.0 Å². The SMILES string of the molecule is Cc1ccc(Nc2nc(N3CCOCC3)nc3nccnc23)cc1Cl. The average Bonchev–Trinajstić information content (AvgIpc) is 2.65. The molecule has 0 saturated carbocycles. The third-order valence-corrected chi connectivity index (χ3v) is 4.46. The van der Waals surface area contributed by atoms with Gasteiger partial charge in [-0.25, -0.2) is 9.97 Å². The predicted octanol–water partition coefficient (Wildman–Crippen LogP) is 2.96. The van der Waals surface area contributed by atoms with Gasteiger partial charge in [0.1, 0.15) is 0 Å². The van der Waals surface area contributed by atoms with Crippen LogP contribution in [-0.4, -0.2) is 46.2 Å². The van der Waals surface area contributed by atoms with E-state index in [-0.39, 0.29) is 0 Å². The van der Waals surface area contributed by atoms with Crippen molar-refractivity contribution < 1.29 is 4.74 Å². The second-order valence-electron chi connectivity index (χ2n) is 5.79. The second-order valence-corrected chi connectivity index (χ2v) is 6.20. The number of aromatic nitrogens is 4. The molecule has 1 fully saturated rings. The van der Waals surface area contributed by atoms with Crippen LogP contribution in [0.5, 0.6) is 0 Å². The van der Waals surface area contributed by atoms with Gasteiger partial charge in [0.2, 0.25) is 5.95 Å². The quantitative estimate of drug-likeness (QED) is 0.773. The number of nitrogens with one attached hydrogen (secondary N) is 1. The number of ether oxygens (including phenoxy) is 1. The number of benzene rings is 1. The fraction of sp³-hybridized carbons (Fsp3) is 0.294. The minimum atomic E-state index is 0.555. The van der Waals surface area contributed by atoms with Crippen LogP contribution in [0.15, 0.2) is 30.6 Å². The van der Waals surface area contributed by atoms with Crippen LogP contribution in [0.1, 0.15) is 5.56 Å². The van der Waals surface area contributed by atoms with Crippen LogP contribution in [-0.2, 0) is 4.74 Å². The molecule has 1 aliphatic rings. The molecule has 0 atom stereocenters. The summed E-state index contributed by atoms with van der Waals surface area (Å²) in [5, 5.41) is 4.00. The van der Waals surface area contributed by atoms with E-state index in [2.05, 4.69) is 30.2 Å². The summed E-state index contributed by atoms with van der Waals surface area (Å²) in [6.45, 7) is 4.80. The van der Waals surface area contributed by atoms with Crippen molar-refractivity contribution in [3.05, 3.63) is 41.2 Å². The fourth-order valence-corrected chi connectivity index (χ4v) is 2.83. The largest absolute Gasteiger partial charge is 0.378 e. The molecule has 1 saturated heterocycles. The van der Waals surface area contributed by atoms with E-state index in [0.717, 1.165) is 24.3 Å². The minimum Gasteiger partial charge on any atom is -0.378 e. The summed E-state index contributed by atoms with van der Waals surface area (Å²) in [5.74, 6) is 1.23. The summed E-state index contributed by atoms with van der Waals surface area (Å²) >= 11 is 6.23. The van der Waals surface area contributed by atoms with Crippen molar-refractivity contribution in [2.24, 2.45) is 0 Å². The van der Waals surface area contributed by atoms with E-state index in [1.807, 2.05) is 25.1 Å². The van der Waals surface area contributed by atoms with Crippen molar-refractivity contribution in [3.63, 3.8) is 0 Å². The first-order chi connectivity index (χ1) is 12.2. The maximum absolute atomic E-state index is 6.23. The molecule has 25 heavy (non-hydrogen) atoms. The van der Waals surface area contributed by atoms with Gasteiger partial charge in [-0.3, -0.25) is 0 Å². The van der Waals surface area contributed by atoms with Gasteiger partial charge in [0.05, 0.1) is 13.2 Å². The summed E-state index contributed by atoms with van der Waals surface area (Å²) in [6, 6.07) is 5.79. The van der Waals surface area contributed by atoms with Crippen molar-refractivity contribution in [3.8, 4) is 0 Å².